The quantitative estimate of drug-likeness (QED) is 0.358. The molecule has 0 radical (unpaired) electrons. The molecule has 39 heavy (non-hydrogen) atoms. The number of likely N-dealkylation sites (tertiary alicyclic amines) is 1. The molecule has 1 unspecified atom stereocenters. The fourth-order valence-electron chi connectivity index (χ4n) is 6.35. The average Bonchev–Trinajstić information content (AvgIpc) is 3.56. The summed E-state index contributed by atoms with van der Waals surface area (Å²) in [5, 5.41) is 20.5. The molecular formula is C30H46N2O7. The van der Waals surface area contributed by atoms with Gasteiger partial charge in [-0.15, -0.1) is 0 Å². The number of carbonyl (C=O) groups excluding carboxylic acids is 1. The monoisotopic (exact) mass is 546 g/mol. The fraction of sp³-hybridized carbons (Fsp3) is 0.733. The minimum Gasteiger partial charge on any atom is -0.481 e. The molecule has 9 heteroatoms. The maximum atomic E-state index is 13.6. The number of carbonyl (C=O) groups is 2. The molecule has 1 aromatic rings. The lowest BCUT2D eigenvalue weighted by Crippen LogP contribution is -2.45. The molecule has 0 saturated carbocycles. The molecule has 4 rings (SSSR count). The topological polar surface area (TPSA) is 109 Å². The van der Waals surface area contributed by atoms with E-state index in [2.05, 4.69) is 18.7 Å². The van der Waals surface area contributed by atoms with Gasteiger partial charge in [0.05, 0.1) is 25.2 Å². The third kappa shape index (κ3) is 7.24. The molecule has 0 aliphatic carbocycles. The average molecular weight is 547 g/mol. The number of carboxylic acids is 1. The summed E-state index contributed by atoms with van der Waals surface area (Å²) in [5.74, 6) is -0.761. The van der Waals surface area contributed by atoms with Crippen molar-refractivity contribution in [3.63, 3.8) is 0 Å². The third-order valence-electron chi connectivity index (χ3n) is 8.52. The molecule has 1 aromatic carbocycles. The predicted molar refractivity (Wildman–Crippen MR) is 147 cm³/mol. The predicted octanol–water partition coefficient (Wildman–Crippen LogP) is 4.15. The standard InChI is InChI=1S/C30H46N2O7/c1-3-5-12-31(13-6-4-2)27(34)18-32-17-24(21-15-22(19-33)29-26(16-21)38-20-39-29)28(30(35)36)25(32)11-10-23-9-7-8-14-37-23/h15-16,23-25,28,33H,3-14,17-20H2,1-2H3,(H,35,36)/t23?,24-,25+,28-/m1/s1. The van der Waals surface area contributed by atoms with Gasteiger partial charge < -0.3 is 29.3 Å². The van der Waals surface area contributed by atoms with Gasteiger partial charge >= 0.3 is 5.97 Å². The Morgan fingerprint density at radius 1 is 1.08 bits per heavy atom. The molecule has 2 saturated heterocycles. The van der Waals surface area contributed by atoms with Crippen LogP contribution in [0.15, 0.2) is 12.1 Å². The Morgan fingerprint density at radius 2 is 1.85 bits per heavy atom. The van der Waals surface area contributed by atoms with E-state index in [-0.39, 0.29) is 43.9 Å². The van der Waals surface area contributed by atoms with Gasteiger partial charge in [0.1, 0.15) is 0 Å². The maximum absolute atomic E-state index is 13.6. The molecular weight excluding hydrogens is 500 g/mol. The highest BCUT2D eigenvalue weighted by molar-refractivity contribution is 5.79. The lowest BCUT2D eigenvalue weighted by atomic mass is 9.82. The zero-order valence-corrected chi connectivity index (χ0v) is 23.6. The second-order valence-corrected chi connectivity index (χ2v) is 11.2. The number of aliphatic hydroxyl groups excluding tert-OH is 1. The molecule has 0 spiro atoms. The number of hydrogen-bond donors (Lipinski definition) is 2. The van der Waals surface area contributed by atoms with E-state index in [1.165, 1.54) is 0 Å². The fourth-order valence-corrected chi connectivity index (χ4v) is 6.35. The molecule has 2 fully saturated rings. The van der Waals surface area contributed by atoms with Gasteiger partial charge in [0, 0.05) is 43.8 Å². The van der Waals surface area contributed by atoms with Crippen molar-refractivity contribution in [2.45, 2.75) is 96.3 Å². The van der Waals surface area contributed by atoms with Crippen LogP contribution < -0.4 is 9.47 Å². The molecule has 0 aromatic heterocycles. The SMILES string of the molecule is CCCCN(CCCC)C(=O)CN1C[C@H](c2cc(CO)c3c(c2)OCO3)[C@@H](C(=O)O)[C@@H]1CCC1CCCCO1. The Balaban J connectivity index is 1.60. The third-order valence-corrected chi connectivity index (χ3v) is 8.52. The summed E-state index contributed by atoms with van der Waals surface area (Å²) in [6.07, 6.45) is 8.74. The van der Waals surface area contributed by atoms with Crippen molar-refractivity contribution in [1.29, 1.82) is 0 Å². The normalized spacial score (nSPS) is 24.7. The molecule has 3 aliphatic rings. The van der Waals surface area contributed by atoms with Crippen molar-refractivity contribution in [2.24, 2.45) is 5.92 Å². The van der Waals surface area contributed by atoms with Crippen molar-refractivity contribution in [3.8, 4) is 11.5 Å². The number of hydrogen-bond acceptors (Lipinski definition) is 7. The highest BCUT2D eigenvalue weighted by Crippen LogP contribution is 2.45. The molecule has 3 aliphatic heterocycles. The van der Waals surface area contributed by atoms with E-state index in [4.69, 9.17) is 14.2 Å². The summed E-state index contributed by atoms with van der Waals surface area (Å²) in [7, 11) is 0. The molecule has 1 amide bonds. The van der Waals surface area contributed by atoms with E-state index in [0.717, 1.165) is 76.6 Å². The van der Waals surface area contributed by atoms with Crippen LogP contribution in [0.25, 0.3) is 0 Å². The van der Waals surface area contributed by atoms with Crippen molar-refractivity contribution in [2.75, 3.05) is 39.6 Å². The first-order valence-corrected chi connectivity index (χ1v) is 14.9. The summed E-state index contributed by atoms with van der Waals surface area (Å²) in [4.78, 5) is 30.5. The Bertz CT molecular complexity index is 957. The molecule has 4 atom stereocenters. The van der Waals surface area contributed by atoms with E-state index in [1.54, 1.807) is 0 Å². The summed E-state index contributed by atoms with van der Waals surface area (Å²) in [6, 6.07) is 3.41. The number of benzene rings is 1. The Morgan fingerprint density at radius 3 is 2.49 bits per heavy atom. The second kappa shape index (κ2) is 14.3. The minimum absolute atomic E-state index is 0.0716. The number of unbranched alkanes of at least 4 members (excludes halogenated alkanes) is 2. The van der Waals surface area contributed by atoms with Gasteiger partial charge in [-0.3, -0.25) is 14.5 Å². The van der Waals surface area contributed by atoms with Gasteiger partial charge in [-0.1, -0.05) is 26.7 Å². The van der Waals surface area contributed by atoms with Gasteiger partial charge in [0.15, 0.2) is 11.5 Å². The largest absolute Gasteiger partial charge is 0.481 e. The van der Waals surface area contributed by atoms with Crippen LogP contribution in [0.3, 0.4) is 0 Å². The maximum Gasteiger partial charge on any atom is 0.308 e. The number of rotatable bonds is 14. The van der Waals surface area contributed by atoms with E-state index in [9.17, 15) is 19.8 Å². The zero-order chi connectivity index (χ0) is 27.8. The Hall–Kier alpha value is -2.36. The summed E-state index contributed by atoms with van der Waals surface area (Å²) in [5.41, 5.74) is 1.40. The van der Waals surface area contributed by atoms with Crippen molar-refractivity contribution in [3.05, 3.63) is 23.3 Å². The highest BCUT2D eigenvalue weighted by atomic mass is 16.7. The number of aliphatic hydroxyl groups is 1. The summed E-state index contributed by atoms with van der Waals surface area (Å²) >= 11 is 0. The van der Waals surface area contributed by atoms with Gasteiger partial charge in [-0.25, -0.2) is 0 Å². The van der Waals surface area contributed by atoms with Crippen LogP contribution >= 0.6 is 0 Å². The number of fused-ring (bicyclic) bond motifs is 1. The van der Waals surface area contributed by atoms with Crippen molar-refractivity contribution >= 4 is 11.9 Å². The van der Waals surface area contributed by atoms with Gasteiger partial charge in [0.2, 0.25) is 12.7 Å². The zero-order valence-electron chi connectivity index (χ0n) is 23.6. The highest BCUT2D eigenvalue weighted by Gasteiger charge is 2.47. The summed E-state index contributed by atoms with van der Waals surface area (Å²) < 4.78 is 17.1. The molecule has 9 nitrogen and oxygen atoms in total. The van der Waals surface area contributed by atoms with Gasteiger partial charge in [-0.05, 0) is 62.6 Å². The first-order chi connectivity index (χ1) is 19.0. The van der Waals surface area contributed by atoms with Crippen LogP contribution in [0.1, 0.15) is 88.7 Å². The van der Waals surface area contributed by atoms with Crippen molar-refractivity contribution in [1.82, 2.24) is 9.80 Å². The number of carboxylic acid groups (broad SMARTS) is 1. The molecule has 2 N–H and O–H groups in total. The first kappa shape index (κ1) is 29.6. The van der Waals surface area contributed by atoms with Crippen LogP contribution in [0.2, 0.25) is 0 Å². The lowest BCUT2D eigenvalue weighted by molar-refractivity contribution is -0.144. The van der Waals surface area contributed by atoms with Gasteiger partial charge in [0.25, 0.3) is 0 Å². The van der Waals surface area contributed by atoms with E-state index >= 15 is 0 Å². The van der Waals surface area contributed by atoms with E-state index < -0.39 is 11.9 Å². The van der Waals surface area contributed by atoms with Crippen LogP contribution in [0.4, 0.5) is 0 Å². The molecule has 0 bridgehead atoms. The van der Waals surface area contributed by atoms with Crippen LogP contribution in [0, 0.1) is 5.92 Å². The second-order valence-electron chi connectivity index (χ2n) is 11.2. The van der Waals surface area contributed by atoms with Crippen LogP contribution in [-0.4, -0.2) is 83.6 Å². The Labute approximate surface area is 232 Å². The van der Waals surface area contributed by atoms with E-state index in [0.29, 0.717) is 30.0 Å². The van der Waals surface area contributed by atoms with Gasteiger partial charge in [-0.2, -0.15) is 0 Å². The van der Waals surface area contributed by atoms with E-state index in [1.807, 2.05) is 17.0 Å². The lowest BCUT2D eigenvalue weighted by Gasteiger charge is -2.31. The number of amides is 1. The Kier molecular flexibility index (Phi) is 10.9. The minimum atomic E-state index is -0.860. The molecule has 218 valence electrons. The number of nitrogens with zero attached hydrogens (tertiary/aromatic N) is 2. The summed E-state index contributed by atoms with van der Waals surface area (Å²) in [6.45, 7) is 7.00. The van der Waals surface area contributed by atoms with Crippen LogP contribution in [-0.2, 0) is 20.9 Å². The van der Waals surface area contributed by atoms with Crippen molar-refractivity contribution < 1.29 is 34.0 Å². The number of aliphatic carboxylic acids is 1. The molecule has 3 heterocycles. The number of ether oxygens (including phenoxy) is 3. The first-order valence-electron chi connectivity index (χ1n) is 14.9. The van der Waals surface area contributed by atoms with Crippen LogP contribution in [0.5, 0.6) is 11.5 Å². The smallest absolute Gasteiger partial charge is 0.308 e.